The van der Waals surface area contributed by atoms with Crippen LogP contribution in [0.25, 0.3) is 0 Å². The van der Waals surface area contributed by atoms with Crippen molar-refractivity contribution in [3.8, 4) is 11.5 Å². The van der Waals surface area contributed by atoms with Gasteiger partial charge in [-0.1, -0.05) is 13.0 Å². The minimum Gasteiger partial charge on any atom is -0.486 e. The Kier molecular flexibility index (Phi) is 4.91. The van der Waals surface area contributed by atoms with E-state index in [4.69, 9.17) is 21.1 Å². The van der Waals surface area contributed by atoms with Gasteiger partial charge in [0, 0.05) is 11.9 Å². The number of carbonyl (C=O) groups is 1. The maximum Gasteiger partial charge on any atom is 0.255 e. The number of nitrogens with one attached hydrogen (secondary N) is 1. The lowest BCUT2D eigenvalue weighted by Crippen LogP contribution is -2.35. The average Bonchev–Trinajstić information content (AvgIpc) is 2.46. The first-order valence-corrected chi connectivity index (χ1v) is 7.05. The molecule has 1 aliphatic rings. The van der Waals surface area contributed by atoms with Gasteiger partial charge in [0.1, 0.15) is 13.2 Å². The molecule has 4 nitrogen and oxygen atoms in total. The van der Waals surface area contributed by atoms with E-state index < -0.39 is 0 Å². The van der Waals surface area contributed by atoms with Crippen molar-refractivity contribution in [2.24, 2.45) is 0 Å². The van der Waals surface area contributed by atoms with Crippen molar-refractivity contribution in [2.75, 3.05) is 19.1 Å². The molecule has 1 aliphatic heterocycles. The number of hydrogen-bond donors (Lipinski definition) is 1. The maximum absolute atomic E-state index is 12.3. The van der Waals surface area contributed by atoms with Gasteiger partial charge in [0.25, 0.3) is 5.91 Å². The first-order valence-electron chi connectivity index (χ1n) is 6.51. The highest BCUT2D eigenvalue weighted by atomic mass is 35.5. The smallest absolute Gasteiger partial charge is 0.255 e. The zero-order valence-corrected chi connectivity index (χ0v) is 11.7. The Morgan fingerprint density at radius 2 is 2.21 bits per heavy atom. The van der Waals surface area contributed by atoms with Crippen LogP contribution in [0, 0.1) is 0 Å². The summed E-state index contributed by atoms with van der Waals surface area (Å²) in [4.78, 5) is 12.3. The predicted molar refractivity (Wildman–Crippen MR) is 74.3 cm³/mol. The number of rotatable bonds is 5. The third kappa shape index (κ3) is 3.32. The lowest BCUT2D eigenvalue weighted by atomic mass is 10.1. The summed E-state index contributed by atoms with van der Waals surface area (Å²) in [5.74, 6) is 1.56. The molecule has 0 saturated carbocycles. The molecule has 2 rings (SSSR count). The van der Waals surface area contributed by atoms with Crippen molar-refractivity contribution >= 4 is 17.5 Å². The van der Waals surface area contributed by atoms with Crippen LogP contribution in [0.5, 0.6) is 11.5 Å². The molecule has 104 valence electrons. The molecule has 1 N–H and O–H groups in total. The van der Waals surface area contributed by atoms with E-state index in [9.17, 15) is 4.79 Å². The molecule has 0 fully saturated rings. The number of carbonyl (C=O) groups excluding carboxylic acids is 1. The molecular formula is C14H18ClNO3. The zero-order valence-electron chi connectivity index (χ0n) is 10.9. The van der Waals surface area contributed by atoms with Gasteiger partial charge in [-0.2, -0.15) is 0 Å². The number of ether oxygens (including phenoxy) is 2. The molecule has 0 spiro atoms. The first-order chi connectivity index (χ1) is 9.26. The van der Waals surface area contributed by atoms with Gasteiger partial charge in [0.15, 0.2) is 11.5 Å². The van der Waals surface area contributed by atoms with E-state index in [0.717, 1.165) is 12.8 Å². The highest BCUT2D eigenvalue weighted by molar-refractivity contribution is 6.17. The van der Waals surface area contributed by atoms with Crippen LogP contribution in [0.4, 0.5) is 0 Å². The Morgan fingerprint density at radius 1 is 1.42 bits per heavy atom. The minimum absolute atomic E-state index is 0.0883. The molecule has 1 aromatic carbocycles. The summed E-state index contributed by atoms with van der Waals surface area (Å²) in [6, 6.07) is 5.44. The molecule has 0 bridgehead atoms. The van der Waals surface area contributed by atoms with E-state index in [1.807, 2.05) is 6.92 Å². The zero-order chi connectivity index (χ0) is 13.7. The van der Waals surface area contributed by atoms with E-state index in [-0.39, 0.29) is 11.9 Å². The molecular weight excluding hydrogens is 266 g/mol. The summed E-state index contributed by atoms with van der Waals surface area (Å²) in [6.45, 7) is 3.01. The normalized spacial score (nSPS) is 14.8. The second-order valence-corrected chi connectivity index (χ2v) is 4.76. The molecule has 1 unspecified atom stereocenters. The Hall–Kier alpha value is -1.42. The third-order valence-electron chi connectivity index (χ3n) is 3.10. The summed E-state index contributed by atoms with van der Waals surface area (Å²) in [5, 5.41) is 2.98. The Morgan fingerprint density at radius 3 is 2.95 bits per heavy atom. The number of fused-ring (bicyclic) bond motifs is 1. The highest BCUT2D eigenvalue weighted by Crippen LogP contribution is 2.33. The molecule has 1 aromatic rings. The Bertz CT molecular complexity index is 450. The molecule has 19 heavy (non-hydrogen) atoms. The second-order valence-electron chi connectivity index (χ2n) is 4.39. The van der Waals surface area contributed by atoms with Gasteiger partial charge in [-0.25, -0.2) is 0 Å². The SMILES string of the molecule is CCC(CCCl)NC(=O)c1cccc2c1OCCO2. The molecule has 0 aromatic heterocycles. The fourth-order valence-electron chi connectivity index (χ4n) is 2.03. The van der Waals surface area contributed by atoms with Crippen molar-refractivity contribution in [3.63, 3.8) is 0 Å². The molecule has 5 heteroatoms. The molecule has 0 saturated heterocycles. The Labute approximate surface area is 118 Å². The lowest BCUT2D eigenvalue weighted by Gasteiger charge is -2.22. The van der Waals surface area contributed by atoms with Gasteiger partial charge in [-0.05, 0) is 25.0 Å². The monoisotopic (exact) mass is 283 g/mol. The van der Waals surface area contributed by atoms with Crippen molar-refractivity contribution < 1.29 is 14.3 Å². The second kappa shape index (κ2) is 6.66. The molecule has 1 amide bonds. The van der Waals surface area contributed by atoms with E-state index in [1.165, 1.54) is 0 Å². The fraction of sp³-hybridized carbons (Fsp3) is 0.500. The molecule has 1 heterocycles. The van der Waals surface area contributed by atoms with Crippen molar-refractivity contribution in [2.45, 2.75) is 25.8 Å². The van der Waals surface area contributed by atoms with Gasteiger partial charge in [-0.3, -0.25) is 4.79 Å². The van der Waals surface area contributed by atoms with Crippen LogP contribution in [0.1, 0.15) is 30.1 Å². The summed E-state index contributed by atoms with van der Waals surface area (Å²) >= 11 is 5.72. The van der Waals surface area contributed by atoms with Gasteiger partial charge in [0.05, 0.1) is 5.56 Å². The van der Waals surface area contributed by atoms with Crippen molar-refractivity contribution in [1.82, 2.24) is 5.32 Å². The van der Waals surface area contributed by atoms with Crippen LogP contribution in [-0.2, 0) is 0 Å². The van der Waals surface area contributed by atoms with Gasteiger partial charge in [-0.15, -0.1) is 11.6 Å². The average molecular weight is 284 g/mol. The highest BCUT2D eigenvalue weighted by Gasteiger charge is 2.21. The quantitative estimate of drug-likeness (QED) is 0.845. The van der Waals surface area contributed by atoms with Crippen LogP contribution in [0.3, 0.4) is 0 Å². The number of alkyl halides is 1. The predicted octanol–water partition coefficient (Wildman–Crippen LogP) is 2.60. The van der Waals surface area contributed by atoms with Gasteiger partial charge in [0.2, 0.25) is 0 Å². The number of benzene rings is 1. The third-order valence-corrected chi connectivity index (χ3v) is 3.31. The van der Waals surface area contributed by atoms with Crippen molar-refractivity contribution in [1.29, 1.82) is 0 Å². The largest absolute Gasteiger partial charge is 0.486 e. The molecule has 0 aliphatic carbocycles. The summed E-state index contributed by atoms with van der Waals surface area (Å²) in [6.07, 6.45) is 1.61. The van der Waals surface area contributed by atoms with E-state index in [0.29, 0.717) is 36.2 Å². The molecule has 1 atom stereocenters. The number of halogens is 1. The number of para-hydroxylation sites is 1. The van der Waals surface area contributed by atoms with E-state index >= 15 is 0 Å². The minimum atomic E-state index is -0.140. The number of amides is 1. The summed E-state index contributed by atoms with van der Waals surface area (Å²) in [7, 11) is 0. The van der Waals surface area contributed by atoms with Gasteiger partial charge < -0.3 is 14.8 Å². The van der Waals surface area contributed by atoms with Crippen LogP contribution in [0.15, 0.2) is 18.2 Å². The first kappa shape index (κ1) is 14.0. The van der Waals surface area contributed by atoms with Crippen LogP contribution >= 0.6 is 11.6 Å². The van der Waals surface area contributed by atoms with Gasteiger partial charge >= 0.3 is 0 Å². The fourth-order valence-corrected chi connectivity index (χ4v) is 2.29. The Balaban J connectivity index is 2.15. The number of hydrogen-bond acceptors (Lipinski definition) is 3. The van der Waals surface area contributed by atoms with Crippen molar-refractivity contribution in [3.05, 3.63) is 23.8 Å². The van der Waals surface area contributed by atoms with Crippen LogP contribution in [0.2, 0.25) is 0 Å². The topological polar surface area (TPSA) is 47.6 Å². The molecule has 0 radical (unpaired) electrons. The van der Waals surface area contributed by atoms with Crippen LogP contribution < -0.4 is 14.8 Å². The van der Waals surface area contributed by atoms with E-state index in [2.05, 4.69) is 5.32 Å². The van der Waals surface area contributed by atoms with Crippen LogP contribution in [-0.4, -0.2) is 31.0 Å². The standard InChI is InChI=1S/C14H18ClNO3/c1-2-10(6-7-15)16-14(17)11-4-3-5-12-13(11)19-9-8-18-12/h3-5,10H,2,6-9H2,1H3,(H,16,17). The van der Waals surface area contributed by atoms with E-state index in [1.54, 1.807) is 18.2 Å². The summed E-state index contributed by atoms with van der Waals surface area (Å²) in [5.41, 5.74) is 0.519. The maximum atomic E-state index is 12.3. The lowest BCUT2D eigenvalue weighted by molar-refractivity contribution is 0.0924. The summed E-state index contributed by atoms with van der Waals surface area (Å²) < 4.78 is 11.0.